The van der Waals surface area contributed by atoms with E-state index in [1.807, 2.05) is 6.92 Å². The second-order valence-corrected chi connectivity index (χ2v) is 6.86. The smallest absolute Gasteiger partial charge is 0.273 e. The van der Waals surface area contributed by atoms with E-state index in [2.05, 4.69) is 4.37 Å². The predicted molar refractivity (Wildman–Crippen MR) is 90.1 cm³/mol. The highest BCUT2D eigenvalue weighted by Crippen LogP contribution is 2.16. The minimum absolute atomic E-state index is 0.0518. The fraction of sp³-hybridized carbons (Fsp3) is 0.312. The molecule has 5 nitrogen and oxygen atoms in total. The molecule has 1 saturated heterocycles. The average Bonchev–Trinajstić information content (AvgIpc) is 3.00. The van der Waals surface area contributed by atoms with E-state index in [0.717, 1.165) is 4.88 Å². The minimum Gasteiger partial charge on any atom is -0.335 e. The molecule has 0 unspecified atom stereocenters. The Morgan fingerprint density at radius 3 is 2.30 bits per heavy atom. The lowest BCUT2D eigenvalue weighted by molar-refractivity contribution is 0.0533. The molecule has 3 rings (SSSR count). The first kappa shape index (κ1) is 16.0. The lowest BCUT2D eigenvalue weighted by atomic mass is 10.2. The summed E-state index contributed by atoms with van der Waals surface area (Å²) < 4.78 is 4.16. The molecule has 1 aliphatic rings. The predicted octanol–water partition coefficient (Wildman–Crippen LogP) is 2.70. The summed E-state index contributed by atoms with van der Waals surface area (Å²) in [6.45, 7) is 3.99. The monoisotopic (exact) mass is 349 g/mol. The Hall–Kier alpha value is -1.92. The number of aryl methyl sites for hydroxylation is 1. The topological polar surface area (TPSA) is 53.5 Å². The Labute approximate surface area is 143 Å². The van der Waals surface area contributed by atoms with Gasteiger partial charge < -0.3 is 9.80 Å². The number of carbonyl (C=O) groups excluding carboxylic acids is 2. The number of benzene rings is 1. The normalized spacial score (nSPS) is 14.9. The maximum atomic E-state index is 12.5. The molecule has 1 fully saturated rings. The molecule has 0 radical (unpaired) electrons. The van der Waals surface area contributed by atoms with E-state index in [0.29, 0.717) is 42.5 Å². The highest BCUT2D eigenvalue weighted by molar-refractivity contribution is 7.05. The van der Waals surface area contributed by atoms with Crippen LogP contribution in [-0.4, -0.2) is 52.2 Å². The standard InChI is InChI=1S/C16H16ClN3O2S/c1-11-9-14(18-23-11)16(22)20-7-5-19(6-8-20)15(21)12-3-2-4-13(17)10-12/h2-4,9-10H,5-8H2,1H3. The number of hydrogen-bond acceptors (Lipinski definition) is 4. The van der Waals surface area contributed by atoms with E-state index >= 15 is 0 Å². The van der Waals surface area contributed by atoms with E-state index < -0.39 is 0 Å². The Balaban J connectivity index is 1.62. The molecule has 0 saturated carbocycles. The fourth-order valence-corrected chi connectivity index (χ4v) is 3.27. The molecular weight excluding hydrogens is 334 g/mol. The van der Waals surface area contributed by atoms with Gasteiger partial charge in [-0.1, -0.05) is 17.7 Å². The molecule has 0 aliphatic carbocycles. The van der Waals surface area contributed by atoms with Crippen LogP contribution in [0.3, 0.4) is 0 Å². The summed E-state index contributed by atoms with van der Waals surface area (Å²) in [5, 5.41) is 0.545. The molecule has 2 amide bonds. The Morgan fingerprint density at radius 1 is 1.09 bits per heavy atom. The number of rotatable bonds is 2. The molecule has 0 spiro atoms. The second kappa shape index (κ2) is 6.68. The van der Waals surface area contributed by atoms with Crippen LogP contribution in [0.1, 0.15) is 25.7 Å². The van der Waals surface area contributed by atoms with Crippen LogP contribution in [-0.2, 0) is 0 Å². The first-order valence-electron chi connectivity index (χ1n) is 7.32. The van der Waals surface area contributed by atoms with Gasteiger partial charge in [-0.2, -0.15) is 4.37 Å². The van der Waals surface area contributed by atoms with Crippen molar-refractivity contribution >= 4 is 34.9 Å². The molecule has 2 aromatic rings. The highest BCUT2D eigenvalue weighted by Gasteiger charge is 2.26. The summed E-state index contributed by atoms with van der Waals surface area (Å²) in [7, 11) is 0. The van der Waals surface area contributed by atoms with Crippen molar-refractivity contribution in [3.8, 4) is 0 Å². The third-order valence-corrected chi connectivity index (χ3v) is 4.70. The number of piperazine rings is 1. The minimum atomic E-state index is -0.0656. The van der Waals surface area contributed by atoms with Gasteiger partial charge in [-0.15, -0.1) is 0 Å². The van der Waals surface area contributed by atoms with Gasteiger partial charge in [0.05, 0.1) is 0 Å². The van der Waals surface area contributed by atoms with E-state index in [1.54, 1.807) is 40.1 Å². The van der Waals surface area contributed by atoms with Crippen LogP contribution < -0.4 is 0 Å². The van der Waals surface area contributed by atoms with Crippen molar-refractivity contribution in [2.75, 3.05) is 26.2 Å². The maximum absolute atomic E-state index is 12.5. The van der Waals surface area contributed by atoms with Crippen molar-refractivity contribution in [1.29, 1.82) is 0 Å². The van der Waals surface area contributed by atoms with Crippen molar-refractivity contribution in [1.82, 2.24) is 14.2 Å². The van der Waals surface area contributed by atoms with Crippen LogP contribution in [0.5, 0.6) is 0 Å². The van der Waals surface area contributed by atoms with Crippen LogP contribution in [0.2, 0.25) is 5.02 Å². The van der Waals surface area contributed by atoms with Gasteiger partial charge in [0.2, 0.25) is 0 Å². The van der Waals surface area contributed by atoms with E-state index in [1.165, 1.54) is 11.5 Å². The lowest BCUT2D eigenvalue weighted by Gasteiger charge is -2.34. The number of hydrogen-bond donors (Lipinski definition) is 0. The van der Waals surface area contributed by atoms with Crippen molar-refractivity contribution in [2.45, 2.75) is 6.92 Å². The Morgan fingerprint density at radius 2 is 1.74 bits per heavy atom. The molecule has 1 aromatic heterocycles. The molecular formula is C16H16ClN3O2S. The van der Waals surface area contributed by atoms with Crippen LogP contribution in [0.4, 0.5) is 0 Å². The lowest BCUT2D eigenvalue weighted by Crippen LogP contribution is -2.50. The van der Waals surface area contributed by atoms with Gasteiger partial charge >= 0.3 is 0 Å². The zero-order valence-corrected chi connectivity index (χ0v) is 14.2. The van der Waals surface area contributed by atoms with E-state index in [9.17, 15) is 9.59 Å². The summed E-state index contributed by atoms with van der Waals surface area (Å²) >= 11 is 7.26. The van der Waals surface area contributed by atoms with Crippen LogP contribution in [0, 0.1) is 6.92 Å². The van der Waals surface area contributed by atoms with Gasteiger partial charge in [-0.05, 0) is 42.7 Å². The number of aromatic nitrogens is 1. The summed E-state index contributed by atoms with van der Waals surface area (Å²) in [5.41, 5.74) is 1.06. The number of halogens is 1. The van der Waals surface area contributed by atoms with Gasteiger partial charge in [-0.25, -0.2) is 0 Å². The average molecular weight is 350 g/mol. The summed E-state index contributed by atoms with van der Waals surface area (Å²) in [6, 6.07) is 8.73. The zero-order valence-electron chi connectivity index (χ0n) is 12.7. The molecule has 0 bridgehead atoms. The molecule has 0 atom stereocenters. The Bertz CT molecular complexity index is 738. The number of carbonyl (C=O) groups is 2. The Kier molecular flexibility index (Phi) is 4.63. The third-order valence-electron chi connectivity index (χ3n) is 3.77. The van der Waals surface area contributed by atoms with Gasteiger partial charge in [0.15, 0.2) is 0 Å². The van der Waals surface area contributed by atoms with Crippen molar-refractivity contribution in [3.63, 3.8) is 0 Å². The fourth-order valence-electron chi connectivity index (χ4n) is 2.55. The first-order chi connectivity index (χ1) is 11.0. The van der Waals surface area contributed by atoms with Gasteiger partial charge in [0.25, 0.3) is 11.8 Å². The molecule has 7 heteroatoms. The SMILES string of the molecule is Cc1cc(C(=O)N2CCN(C(=O)c3cccc(Cl)c3)CC2)ns1. The van der Waals surface area contributed by atoms with E-state index in [-0.39, 0.29) is 11.8 Å². The maximum Gasteiger partial charge on any atom is 0.273 e. The molecule has 0 N–H and O–H groups in total. The molecule has 23 heavy (non-hydrogen) atoms. The summed E-state index contributed by atoms with van der Waals surface area (Å²) in [4.78, 5) is 29.3. The zero-order chi connectivity index (χ0) is 16.4. The first-order valence-corrected chi connectivity index (χ1v) is 8.47. The second-order valence-electron chi connectivity index (χ2n) is 5.42. The van der Waals surface area contributed by atoms with Gasteiger partial charge in [0, 0.05) is 41.6 Å². The summed E-state index contributed by atoms with van der Waals surface area (Å²) in [5.74, 6) is -0.117. The van der Waals surface area contributed by atoms with Crippen molar-refractivity contribution in [3.05, 3.63) is 51.5 Å². The van der Waals surface area contributed by atoms with Gasteiger partial charge in [-0.3, -0.25) is 9.59 Å². The number of nitrogens with zero attached hydrogens (tertiary/aromatic N) is 3. The van der Waals surface area contributed by atoms with Crippen molar-refractivity contribution < 1.29 is 9.59 Å². The van der Waals surface area contributed by atoms with Gasteiger partial charge in [0.1, 0.15) is 5.69 Å². The molecule has 1 aromatic carbocycles. The van der Waals surface area contributed by atoms with E-state index in [4.69, 9.17) is 11.6 Å². The third kappa shape index (κ3) is 3.54. The quantitative estimate of drug-likeness (QED) is 0.837. The largest absolute Gasteiger partial charge is 0.335 e. The highest BCUT2D eigenvalue weighted by atomic mass is 35.5. The molecule has 120 valence electrons. The van der Waals surface area contributed by atoms with Crippen LogP contribution >= 0.6 is 23.1 Å². The molecule has 1 aliphatic heterocycles. The number of amides is 2. The van der Waals surface area contributed by atoms with Crippen molar-refractivity contribution in [2.24, 2.45) is 0 Å². The van der Waals surface area contributed by atoms with Crippen LogP contribution in [0.15, 0.2) is 30.3 Å². The molecule has 2 heterocycles. The summed E-state index contributed by atoms with van der Waals surface area (Å²) in [6.07, 6.45) is 0. The van der Waals surface area contributed by atoms with Crippen LogP contribution in [0.25, 0.3) is 0 Å².